The molecule has 1 heterocycles. The minimum absolute atomic E-state index is 0.0402. The third-order valence-electron chi connectivity index (χ3n) is 4.14. The molecule has 0 unspecified atom stereocenters. The Morgan fingerprint density at radius 1 is 1.21 bits per heavy atom. The fourth-order valence-electron chi connectivity index (χ4n) is 2.75. The van der Waals surface area contributed by atoms with Gasteiger partial charge in [-0.15, -0.1) is 0 Å². The van der Waals surface area contributed by atoms with Crippen LogP contribution in [0.2, 0.25) is 0 Å². The van der Waals surface area contributed by atoms with Crippen LogP contribution in [0.3, 0.4) is 0 Å². The van der Waals surface area contributed by atoms with Crippen LogP contribution < -0.4 is 19.7 Å². The van der Waals surface area contributed by atoms with E-state index in [0.717, 1.165) is 12.1 Å². The largest absolute Gasteiger partial charge is 0.484 e. The minimum atomic E-state index is -4.51. The number of hydrogen-bond acceptors (Lipinski definition) is 4. The van der Waals surface area contributed by atoms with Gasteiger partial charge in [-0.2, -0.15) is 13.2 Å². The summed E-state index contributed by atoms with van der Waals surface area (Å²) in [6.45, 7) is -0.530. The number of rotatable bonds is 4. The van der Waals surface area contributed by atoms with Crippen molar-refractivity contribution in [3.05, 3.63) is 54.1 Å². The van der Waals surface area contributed by atoms with Gasteiger partial charge in [-0.3, -0.25) is 9.59 Å². The van der Waals surface area contributed by atoms with Gasteiger partial charge in [-0.1, -0.05) is 18.2 Å². The molecule has 9 heteroatoms. The number of nitrogens with one attached hydrogen (secondary N) is 1. The number of para-hydroxylation sites is 2. The van der Waals surface area contributed by atoms with Gasteiger partial charge >= 0.3 is 6.18 Å². The minimum Gasteiger partial charge on any atom is -0.484 e. The first-order valence-corrected chi connectivity index (χ1v) is 8.37. The lowest BCUT2D eigenvalue weighted by molar-refractivity contribution is -0.137. The lowest BCUT2D eigenvalue weighted by atomic mass is 10.1. The van der Waals surface area contributed by atoms with Gasteiger partial charge in [0.1, 0.15) is 11.5 Å². The second-order valence-electron chi connectivity index (χ2n) is 6.01. The number of likely N-dealkylation sites (N-methyl/N-ethyl adjacent to an activating group) is 1. The maximum Gasteiger partial charge on any atom is 0.416 e. The smallest absolute Gasteiger partial charge is 0.416 e. The highest BCUT2D eigenvalue weighted by atomic mass is 19.4. The van der Waals surface area contributed by atoms with E-state index in [0.29, 0.717) is 11.4 Å². The average molecular weight is 394 g/mol. The van der Waals surface area contributed by atoms with Gasteiger partial charge in [0.15, 0.2) is 12.7 Å². The van der Waals surface area contributed by atoms with Gasteiger partial charge < -0.3 is 19.7 Å². The molecule has 2 aromatic rings. The number of carbonyl (C=O) groups excluding carboxylic acids is 2. The van der Waals surface area contributed by atoms with Crippen molar-refractivity contribution < 1.29 is 32.2 Å². The molecule has 6 nitrogen and oxygen atoms in total. The molecule has 0 fully saturated rings. The number of benzene rings is 2. The molecule has 0 saturated carbocycles. The Kier molecular flexibility index (Phi) is 5.43. The summed E-state index contributed by atoms with van der Waals surface area (Å²) in [6, 6.07) is 11.0. The Morgan fingerprint density at radius 2 is 1.96 bits per heavy atom. The van der Waals surface area contributed by atoms with Gasteiger partial charge in [0.2, 0.25) is 0 Å². The van der Waals surface area contributed by atoms with E-state index in [2.05, 4.69) is 5.32 Å². The van der Waals surface area contributed by atoms with Gasteiger partial charge in [-0.25, -0.2) is 0 Å². The monoisotopic (exact) mass is 394 g/mol. The molecular formula is C19H17F3N2O4. The highest BCUT2D eigenvalue weighted by molar-refractivity contribution is 5.98. The van der Waals surface area contributed by atoms with Crippen LogP contribution in [0.5, 0.6) is 11.5 Å². The van der Waals surface area contributed by atoms with Crippen LogP contribution in [0.15, 0.2) is 48.5 Å². The maximum atomic E-state index is 12.8. The van der Waals surface area contributed by atoms with Crippen LogP contribution in [0, 0.1) is 0 Å². The zero-order valence-electron chi connectivity index (χ0n) is 14.8. The van der Waals surface area contributed by atoms with E-state index in [4.69, 9.17) is 9.47 Å². The predicted octanol–water partition coefficient (Wildman–Crippen LogP) is 2.62. The molecular weight excluding hydrogens is 377 g/mol. The molecule has 0 radical (unpaired) electrons. The Hall–Kier alpha value is -3.23. The standard InChI is InChI=1S/C19H17F3N2O4/c1-23-18(26)16-10-24(14-7-2-3-8-15(14)28-16)17(25)11-27-13-6-4-5-12(9-13)19(20,21)22/h2-9,16H,10-11H2,1H3,(H,23,26)/t16-/m0/s1. The molecule has 0 aromatic heterocycles. The van der Waals surface area contributed by atoms with Crippen LogP contribution >= 0.6 is 0 Å². The number of nitrogens with zero attached hydrogens (tertiary/aromatic N) is 1. The van der Waals surface area contributed by atoms with E-state index in [1.54, 1.807) is 24.3 Å². The van der Waals surface area contributed by atoms with Gasteiger partial charge in [-0.05, 0) is 30.3 Å². The molecule has 1 N–H and O–H groups in total. The van der Waals surface area contributed by atoms with Crippen molar-refractivity contribution in [1.82, 2.24) is 5.32 Å². The topological polar surface area (TPSA) is 67.9 Å². The van der Waals surface area contributed by atoms with Crippen LogP contribution in [-0.2, 0) is 15.8 Å². The number of hydrogen-bond donors (Lipinski definition) is 1. The fourth-order valence-corrected chi connectivity index (χ4v) is 2.75. The summed E-state index contributed by atoms with van der Waals surface area (Å²) >= 11 is 0. The van der Waals surface area contributed by atoms with Crippen LogP contribution in [-0.4, -0.2) is 38.1 Å². The zero-order chi connectivity index (χ0) is 20.3. The van der Waals surface area contributed by atoms with Crippen molar-refractivity contribution in [3.8, 4) is 11.5 Å². The highest BCUT2D eigenvalue weighted by Gasteiger charge is 2.34. The lowest BCUT2D eigenvalue weighted by Crippen LogP contribution is -2.51. The van der Waals surface area contributed by atoms with Crippen LogP contribution in [0.4, 0.5) is 18.9 Å². The number of ether oxygens (including phenoxy) is 2. The highest BCUT2D eigenvalue weighted by Crippen LogP contribution is 2.34. The molecule has 2 aromatic carbocycles. The Labute approximate surface area is 158 Å². The molecule has 1 atom stereocenters. The van der Waals surface area contributed by atoms with E-state index in [1.165, 1.54) is 24.1 Å². The third kappa shape index (κ3) is 4.19. The summed E-state index contributed by atoms with van der Waals surface area (Å²) in [7, 11) is 1.45. The maximum absolute atomic E-state index is 12.8. The number of anilines is 1. The molecule has 1 aliphatic rings. The Bertz CT molecular complexity index is 885. The van der Waals surface area contributed by atoms with E-state index in [9.17, 15) is 22.8 Å². The number of fused-ring (bicyclic) bond motifs is 1. The summed E-state index contributed by atoms with van der Waals surface area (Å²) < 4.78 is 49.2. The summed E-state index contributed by atoms with van der Waals surface area (Å²) in [5.74, 6) is -0.629. The van der Waals surface area contributed by atoms with E-state index in [1.807, 2.05) is 0 Å². The number of alkyl halides is 3. The van der Waals surface area contributed by atoms with Crippen molar-refractivity contribution in [2.24, 2.45) is 0 Å². The second kappa shape index (κ2) is 7.79. The van der Waals surface area contributed by atoms with Crippen molar-refractivity contribution in [1.29, 1.82) is 0 Å². The summed E-state index contributed by atoms with van der Waals surface area (Å²) in [5, 5.41) is 2.46. The Balaban J connectivity index is 1.75. The number of amides is 2. The van der Waals surface area contributed by atoms with Crippen LogP contribution in [0.25, 0.3) is 0 Å². The van der Waals surface area contributed by atoms with E-state index < -0.39 is 36.3 Å². The van der Waals surface area contributed by atoms with E-state index >= 15 is 0 Å². The number of halogens is 3. The van der Waals surface area contributed by atoms with E-state index in [-0.39, 0.29) is 12.3 Å². The first kappa shape index (κ1) is 19.5. The van der Waals surface area contributed by atoms with Crippen molar-refractivity contribution in [2.45, 2.75) is 12.3 Å². The molecule has 148 valence electrons. The molecule has 3 rings (SSSR count). The number of carbonyl (C=O) groups is 2. The summed E-state index contributed by atoms with van der Waals surface area (Å²) in [6.07, 6.45) is -5.41. The molecule has 0 aliphatic carbocycles. The van der Waals surface area contributed by atoms with Crippen molar-refractivity contribution >= 4 is 17.5 Å². The zero-order valence-corrected chi connectivity index (χ0v) is 14.8. The second-order valence-corrected chi connectivity index (χ2v) is 6.01. The average Bonchev–Trinajstić information content (AvgIpc) is 2.70. The van der Waals surface area contributed by atoms with Crippen molar-refractivity contribution in [3.63, 3.8) is 0 Å². The molecule has 2 amide bonds. The van der Waals surface area contributed by atoms with Gasteiger partial charge in [0.25, 0.3) is 11.8 Å². The molecule has 0 bridgehead atoms. The Morgan fingerprint density at radius 3 is 2.68 bits per heavy atom. The molecule has 1 aliphatic heterocycles. The normalized spacial score (nSPS) is 16.0. The molecule has 0 spiro atoms. The van der Waals surface area contributed by atoms with Gasteiger partial charge in [0.05, 0.1) is 17.8 Å². The third-order valence-corrected chi connectivity index (χ3v) is 4.14. The quantitative estimate of drug-likeness (QED) is 0.866. The van der Waals surface area contributed by atoms with Crippen LogP contribution in [0.1, 0.15) is 5.56 Å². The SMILES string of the molecule is CNC(=O)[C@@H]1CN(C(=O)COc2cccc(C(F)(F)F)c2)c2ccccc2O1. The lowest BCUT2D eigenvalue weighted by Gasteiger charge is -2.33. The molecule has 0 saturated heterocycles. The summed E-state index contributed by atoms with van der Waals surface area (Å²) in [5.41, 5.74) is -0.408. The summed E-state index contributed by atoms with van der Waals surface area (Å²) in [4.78, 5) is 25.9. The molecule has 28 heavy (non-hydrogen) atoms. The first-order valence-electron chi connectivity index (χ1n) is 8.37. The fraction of sp³-hybridized carbons (Fsp3) is 0.263. The predicted molar refractivity (Wildman–Crippen MR) is 94.2 cm³/mol. The van der Waals surface area contributed by atoms with Gasteiger partial charge in [0, 0.05) is 7.05 Å². The van der Waals surface area contributed by atoms with Crippen molar-refractivity contribution in [2.75, 3.05) is 25.1 Å². The first-order chi connectivity index (χ1) is 13.3.